The van der Waals surface area contributed by atoms with Crippen LogP contribution in [0, 0.1) is 3.57 Å². The quantitative estimate of drug-likeness (QED) is 0.797. The molecule has 4 heteroatoms. The van der Waals surface area contributed by atoms with Gasteiger partial charge >= 0.3 is 0 Å². The molecule has 0 bridgehead atoms. The first-order chi connectivity index (χ1) is 6.86. The van der Waals surface area contributed by atoms with Gasteiger partial charge in [-0.3, -0.25) is 4.98 Å². The molecule has 0 spiro atoms. The zero-order valence-electron chi connectivity index (χ0n) is 8.04. The van der Waals surface area contributed by atoms with Crippen LogP contribution < -0.4 is 10.2 Å². The van der Waals surface area contributed by atoms with Crippen molar-refractivity contribution in [3.05, 3.63) is 22.0 Å². The van der Waals surface area contributed by atoms with E-state index in [4.69, 9.17) is 0 Å². The van der Waals surface area contributed by atoms with Gasteiger partial charge in [0.2, 0.25) is 0 Å². The predicted molar refractivity (Wildman–Crippen MR) is 66.7 cm³/mol. The number of nitrogens with one attached hydrogen (secondary N) is 1. The summed E-state index contributed by atoms with van der Waals surface area (Å²) in [7, 11) is 0. The van der Waals surface area contributed by atoms with Crippen LogP contribution >= 0.6 is 22.6 Å². The minimum Gasteiger partial charge on any atom is -0.369 e. The molecule has 0 radical (unpaired) electrons. The van der Waals surface area contributed by atoms with E-state index in [0.717, 1.165) is 26.2 Å². The summed E-state index contributed by atoms with van der Waals surface area (Å²) in [5, 5.41) is 3.40. The number of nitrogens with zero attached hydrogens (tertiary/aromatic N) is 2. The van der Waals surface area contributed by atoms with Crippen LogP contribution in [0.4, 0.5) is 5.69 Å². The summed E-state index contributed by atoms with van der Waals surface area (Å²) in [5.41, 5.74) is 1.25. The second-order valence-electron chi connectivity index (χ2n) is 3.45. The van der Waals surface area contributed by atoms with Crippen molar-refractivity contribution in [3.8, 4) is 0 Å². The Bertz CT molecular complexity index is 295. The lowest BCUT2D eigenvalue weighted by molar-refractivity contribution is 0.724. The molecule has 2 heterocycles. The predicted octanol–water partition coefficient (Wildman–Crippen LogP) is 1.49. The largest absolute Gasteiger partial charge is 0.369 e. The molecular weight excluding hydrogens is 289 g/mol. The Morgan fingerprint density at radius 1 is 1.29 bits per heavy atom. The number of pyridine rings is 1. The van der Waals surface area contributed by atoms with E-state index in [2.05, 4.69) is 43.9 Å². The molecule has 0 amide bonds. The highest BCUT2D eigenvalue weighted by Gasteiger charge is 2.09. The number of hydrogen-bond acceptors (Lipinski definition) is 3. The lowest BCUT2D eigenvalue weighted by Gasteiger charge is -2.21. The molecule has 1 fully saturated rings. The maximum Gasteiger partial charge on any atom is 0.0563 e. The van der Waals surface area contributed by atoms with E-state index in [1.807, 2.05) is 12.4 Å². The number of hydrogen-bond donors (Lipinski definition) is 1. The lowest BCUT2D eigenvalue weighted by Crippen LogP contribution is -2.27. The van der Waals surface area contributed by atoms with E-state index >= 15 is 0 Å². The molecule has 14 heavy (non-hydrogen) atoms. The average Bonchev–Trinajstić information content (AvgIpc) is 2.45. The maximum atomic E-state index is 4.22. The van der Waals surface area contributed by atoms with Gasteiger partial charge in [0.1, 0.15) is 0 Å². The average molecular weight is 303 g/mol. The first-order valence-corrected chi connectivity index (χ1v) is 6.00. The normalized spacial score (nSPS) is 17.9. The number of aromatic nitrogens is 1. The molecule has 1 aromatic rings. The SMILES string of the molecule is Ic1cncc(N2CCCNCC2)c1. The van der Waals surface area contributed by atoms with Crippen molar-refractivity contribution in [2.75, 3.05) is 31.1 Å². The summed E-state index contributed by atoms with van der Waals surface area (Å²) >= 11 is 2.31. The highest BCUT2D eigenvalue weighted by Crippen LogP contribution is 2.16. The van der Waals surface area contributed by atoms with Crippen molar-refractivity contribution < 1.29 is 0 Å². The van der Waals surface area contributed by atoms with Gasteiger partial charge in [-0.1, -0.05) is 0 Å². The molecule has 0 aromatic carbocycles. The third kappa shape index (κ3) is 2.57. The monoisotopic (exact) mass is 303 g/mol. The van der Waals surface area contributed by atoms with Gasteiger partial charge in [-0.2, -0.15) is 0 Å². The lowest BCUT2D eigenvalue weighted by atomic mass is 10.3. The fraction of sp³-hybridized carbons (Fsp3) is 0.500. The van der Waals surface area contributed by atoms with Gasteiger partial charge in [0.25, 0.3) is 0 Å². The maximum absolute atomic E-state index is 4.22. The zero-order chi connectivity index (χ0) is 9.80. The van der Waals surface area contributed by atoms with E-state index in [-0.39, 0.29) is 0 Å². The van der Waals surface area contributed by atoms with Crippen LogP contribution in [0.25, 0.3) is 0 Å². The Labute approximate surface area is 98.0 Å². The van der Waals surface area contributed by atoms with Gasteiger partial charge in [0.15, 0.2) is 0 Å². The van der Waals surface area contributed by atoms with Crippen LogP contribution in [0.5, 0.6) is 0 Å². The summed E-state index contributed by atoms with van der Waals surface area (Å²) in [6.45, 7) is 4.43. The van der Waals surface area contributed by atoms with Crippen LogP contribution in [0.2, 0.25) is 0 Å². The number of halogens is 1. The van der Waals surface area contributed by atoms with Crippen LogP contribution in [0.15, 0.2) is 18.5 Å². The third-order valence-corrected chi connectivity index (χ3v) is 2.99. The number of rotatable bonds is 1. The molecule has 1 aliphatic rings. The zero-order valence-corrected chi connectivity index (χ0v) is 10.2. The van der Waals surface area contributed by atoms with Gasteiger partial charge in [0.05, 0.1) is 11.9 Å². The minimum absolute atomic E-state index is 1.07. The summed E-state index contributed by atoms with van der Waals surface area (Å²) in [5.74, 6) is 0. The van der Waals surface area contributed by atoms with Gasteiger partial charge in [-0.15, -0.1) is 0 Å². The highest BCUT2D eigenvalue weighted by molar-refractivity contribution is 14.1. The third-order valence-electron chi connectivity index (χ3n) is 2.40. The van der Waals surface area contributed by atoms with Crippen molar-refractivity contribution in [2.24, 2.45) is 0 Å². The van der Waals surface area contributed by atoms with Crippen LogP contribution in [0.1, 0.15) is 6.42 Å². The van der Waals surface area contributed by atoms with Crippen molar-refractivity contribution in [2.45, 2.75) is 6.42 Å². The molecule has 1 aromatic heterocycles. The first-order valence-electron chi connectivity index (χ1n) is 4.92. The van der Waals surface area contributed by atoms with E-state index < -0.39 is 0 Å². The number of anilines is 1. The highest BCUT2D eigenvalue weighted by atomic mass is 127. The molecule has 1 aliphatic heterocycles. The van der Waals surface area contributed by atoms with Crippen molar-refractivity contribution >= 4 is 28.3 Å². The summed E-state index contributed by atoms with van der Waals surface area (Å²) < 4.78 is 1.21. The Balaban J connectivity index is 2.12. The summed E-state index contributed by atoms with van der Waals surface area (Å²) in [6, 6.07) is 2.19. The van der Waals surface area contributed by atoms with E-state index in [1.165, 1.54) is 15.7 Å². The summed E-state index contributed by atoms with van der Waals surface area (Å²) in [6.07, 6.45) is 5.05. The van der Waals surface area contributed by atoms with Gasteiger partial charge in [0, 0.05) is 29.4 Å². The summed E-state index contributed by atoms with van der Waals surface area (Å²) in [4.78, 5) is 6.62. The fourth-order valence-corrected chi connectivity index (χ4v) is 2.16. The van der Waals surface area contributed by atoms with Crippen LogP contribution in [-0.4, -0.2) is 31.2 Å². The molecule has 0 atom stereocenters. The second-order valence-corrected chi connectivity index (χ2v) is 4.70. The molecule has 0 unspecified atom stereocenters. The van der Waals surface area contributed by atoms with Gasteiger partial charge in [-0.25, -0.2) is 0 Å². The molecule has 76 valence electrons. The van der Waals surface area contributed by atoms with E-state index in [9.17, 15) is 0 Å². The minimum atomic E-state index is 1.07. The van der Waals surface area contributed by atoms with Gasteiger partial charge < -0.3 is 10.2 Å². The Kier molecular flexibility index (Phi) is 3.58. The standard InChI is InChI=1S/C10H14IN3/c11-9-6-10(8-13-7-9)14-4-1-2-12-3-5-14/h6-8,12H,1-5H2. The van der Waals surface area contributed by atoms with Crippen molar-refractivity contribution in [1.82, 2.24) is 10.3 Å². The molecule has 0 aliphatic carbocycles. The smallest absolute Gasteiger partial charge is 0.0563 e. The topological polar surface area (TPSA) is 28.2 Å². The van der Waals surface area contributed by atoms with Gasteiger partial charge in [-0.05, 0) is 41.6 Å². The molecule has 1 N–H and O–H groups in total. The molecule has 0 saturated carbocycles. The Morgan fingerprint density at radius 3 is 3.07 bits per heavy atom. The van der Waals surface area contributed by atoms with Crippen LogP contribution in [-0.2, 0) is 0 Å². The fourth-order valence-electron chi connectivity index (χ4n) is 1.68. The molecule has 3 nitrogen and oxygen atoms in total. The molecular formula is C10H14IN3. The Morgan fingerprint density at radius 2 is 2.21 bits per heavy atom. The molecule has 1 saturated heterocycles. The first kappa shape index (κ1) is 10.2. The second kappa shape index (κ2) is 4.93. The van der Waals surface area contributed by atoms with Crippen LogP contribution in [0.3, 0.4) is 0 Å². The van der Waals surface area contributed by atoms with E-state index in [1.54, 1.807) is 0 Å². The molecule has 2 rings (SSSR count). The van der Waals surface area contributed by atoms with Crippen molar-refractivity contribution in [3.63, 3.8) is 0 Å². The Hall–Kier alpha value is -0.360. The van der Waals surface area contributed by atoms with Crippen molar-refractivity contribution in [1.29, 1.82) is 0 Å². The van der Waals surface area contributed by atoms with E-state index in [0.29, 0.717) is 0 Å².